The molecule has 4 nitrogen and oxygen atoms in total. The predicted molar refractivity (Wildman–Crippen MR) is 74.5 cm³/mol. The van der Waals surface area contributed by atoms with Crippen LogP contribution in [-0.2, 0) is 16.0 Å². The molecule has 0 saturated heterocycles. The van der Waals surface area contributed by atoms with Gasteiger partial charge >= 0.3 is 5.97 Å². The fourth-order valence-corrected chi connectivity index (χ4v) is 3.27. The van der Waals surface area contributed by atoms with Crippen molar-refractivity contribution in [3.8, 4) is 0 Å². The lowest BCUT2D eigenvalue weighted by atomic mass is 9.75. The Kier molecular flexibility index (Phi) is 3.24. The van der Waals surface area contributed by atoms with Gasteiger partial charge in [-0.2, -0.15) is 0 Å². The first-order valence-corrected chi connectivity index (χ1v) is 7.26. The van der Waals surface area contributed by atoms with Crippen LogP contribution in [0.25, 0.3) is 0 Å². The Morgan fingerprint density at radius 3 is 2.60 bits per heavy atom. The number of benzene rings is 1. The summed E-state index contributed by atoms with van der Waals surface area (Å²) in [6.07, 6.45) is 4.75. The maximum absolute atomic E-state index is 12.5. The van der Waals surface area contributed by atoms with Gasteiger partial charge in [0.25, 0.3) is 0 Å². The van der Waals surface area contributed by atoms with Crippen LogP contribution in [0.3, 0.4) is 0 Å². The number of hydrogen-bond donors (Lipinski definition) is 2. The molecule has 0 radical (unpaired) electrons. The lowest BCUT2D eigenvalue weighted by Gasteiger charge is -2.39. The lowest BCUT2D eigenvalue weighted by molar-refractivity contribution is -0.152. The summed E-state index contributed by atoms with van der Waals surface area (Å²) in [5.41, 5.74) is 1.27. The molecular weight excluding hydrogens is 254 g/mol. The second-order valence-electron chi connectivity index (χ2n) is 5.87. The van der Waals surface area contributed by atoms with Crippen LogP contribution in [0.2, 0.25) is 0 Å². The number of amides is 1. The molecule has 2 N–H and O–H groups in total. The Hall–Kier alpha value is -1.84. The summed E-state index contributed by atoms with van der Waals surface area (Å²) in [5.74, 6) is -1.22. The number of aryl methyl sites for hydroxylation is 1. The van der Waals surface area contributed by atoms with Gasteiger partial charge in [0.05, 0.1) is 5.92 Å². The van der Waals surface area contributed by atoms with Crippen LogP contribution in [0.15, 0.2) is 24.3 Å². The normalized spacial score (nSPS) is 23.3. The number of hydrogen-bond acceptors (Lipinski definition) is 2. The van der Waals surface area contributed by atoms with Crippen molar-refractivity contribution < 1.29 is 14.7 Å². The zero-order chi connectivity index (χ0) is 14.2. The molecule has 106 valence electrons. The summed E-state index contributed by atoms with van der Waals surface area (Å²) in [6.45, 7) is 0. The maximum atomic E-state index is 12.5. The Labute approximate surface area is 118 Å². The van der Waals surface area contributed by atoms with E-state index in [0.717, 1.165) is 31.2 Å². The number of carboxylic acid groups (broad SMARTS) is 1. The van der Waals surface area contributed by atoms with Crippen molar-refractivity contribution in [1.29, 1.82) is 0 Å². The summed E-state index contributed by atoms with van der Waals surface area (Å²) in [7, 11) is 0. The average Bonchev–Trinajstić information content (AvgIpc) is 2.41. The van der Waals surface area contributed by atoms with Gasteiger partial charge in [0.15, 0.2) is 0 Å². The monoisotopic (exact) mass is 273 g/mol. The van der Waals surface area contributed by atoms with Crippen LogP contribution in [-0.4, -0.2) is 22.5 Å². The standard InChI is InChI=1S/C16H19NO3/c18-14(17-16(15(19)20)9-4-10-16)13-8-3-6-11-5-1-2-7-12(11)13/h1-2,5,7,13H,3-4,6,8-10H2,(H,17,18)(H,19,20). The first-order chi connectivity index (χ1) is 9.62. The number of carbonyl (C=O) groups excluding carboxylic acids is 1. The highest BCUT2D eigenvalue weighted by atomic mass is 16.4. The third-order valence-corrected chi connectivity index (χ3v) is 4.66. The molecule has 1 aromatic rings. The minimum absolute atomic E-state index is 0.126. The maximum Gasteiger partial charge on any atom is 0.329 e. The van der Waals surface area contributed by atoms with Crippen molar-refractivity contribution in [1.82, 2.24) is 5.32 Å². The molecule has 1 saturated carbocycles. The minimum atomic E-state index is -1.01. The van der Waals surface area contributed by atoms with Crippen LogP contribution in [0.5, 0.6) is 0 Å². The first-order valence-electron chi connectivity index (χ1n) is 7.26. The van der Waals surface area contributed by atoms with Crippen LogP contribution in [0.4, 0.5) is 0 Å². The molecule has 0 spiro atoms. The van der Waals surface area contributed by atoms with Gasteiger partial charge in [0.2, 0.25) is 5.91 Å². The number of nitrogens with one attached hydrogen (secondary N) is 1. The molecular formula is C16H19NO3. The summed E-state index contributed by atoms with van der Waals surface area (Å²) in [5, 5.41) is 12.1. The van der Waals surface area contributed by atoms with Crippen molar-refractivity contribution in [3.63, 3.8) is 0 Å². The van der Waals surface area contributed by atoms with Crippen LogP contribution >= 0.6 is 0 Å². The number of rotatable bonds is 3. The topological polar surface area (TPSA) is 66.4 Å². The Morgan fingerprint density at radius 2 is 1.95 bits per heavy atom. The van der Waals surface area contributed by atoms with Crippen molar-refractivity contribution in [2.75, 3.05) is 0 Å². The van der Waals surface area contributed by atoms with Gasteiger partial charge in [-0.1, -0.05) is 24.3 Å². The van der Waals surface area contributed by atoms with E-state index in [1.165, 1.54) is 5.56 Å². The zero-order valence-electron chi connectivity index (χ0n) is 11.4. The van der Waals surface area contributed by atoms with Crippen molar-refractivity contribution >= 4 is 11.9 Å². The van der Waals surface area contributed by atoms with E-state index in [4.69, 9.17) is 0 Å². The molecule has 0 aliphatic heterocycles. The molecule has 20 heavy (non-hydrogen) atoms. The third-order valence-electron chi connectivity index (χ3n) is 4.66. The molecule has 4 heteroatoms. The third kappa shape index (κ3) is 2.09. The smallest absolute Gasteiger partial charge is 0.329 e. The van der Waals surface area contributed by atoms with Gasteiger partial charge in [-0.25, -0.2) is 4.79 Å². The van der Waals surface area contributed by atoms with Crippen LogP contribution in [0, 0.1) is 0 Å². The molecule has 1 fully saturated rings. The summed E-state index contributed by atoms with van der Waals surface area (Å²) in [4.78, 5) is 23.9. The second kappa shape index (κ2) is 4.93. The molecule has 1 amide bonds. The summed E-state index contributed by atoms with van der Waals surface area (Å²) >= 11 is 0. The highest BCUT2D eigenvalue weighted by Gasteiger charge is 2.46. The largest absolute Gasteiger partial charge is 0.480 e. The molecule has 1 atom stereocenters. The average molecular weight is 273 g/mol. The molecule has 0 heterocycles. The molecule has 2 aliphatic carbocycles. The van der Waals surface area contributed by atoms with Gasteiger partial charge in [-0.3, -0.25) is 4.79 Å². The quantitative estimate of drug-likeness (QED) is 0.887. The van der Waals surface area contributed by atoms with E-state index in [0.29, 0.717) is 12.8 Å². The van der Waals surface area contributed by atoms with E-state index >= 15 is 0 Å². The fraction of sp³-hybridized carbons (Fsp3) is 0.500. The van der Waals surface area contributed by atoms with Crippen molar-refractivity contribution in [3.05, 3.63) is 35.4 Å². The van der Waals surface area contributed by atoms with E-state index in [2.05, 4.69) is 11.4 Å². The van der Waals surface area contributed by atoms with E-state index in [9.17, 15) is 14.7 Å². The van der Waals surface area contributed by atoms with Crippen molar-refractivity contribution in [2.45, 2.75) is 50.0 Å². The predicted octanol–water partition coefficient (Wildman–Crippen LogP) is 2.23. The minimum Gasteiger partial charge on any atom is -0.480 e. The molecule has 2 aliphatic rings. The number of carboxylic acids is 1. The Morgan fingerprint density at radius 1 is 1.20 bits per heavy atom. The van der Waals surface area contributed by atoms with E-state index in [1.54, 1.807) is 0 Å². The molecule has 3 rings (SSSR count). The number of aliphatic carboxylic acids is 1. The zero-order valence-corrected chi connectivity index (χ0v) is 11.4. The van der Waals surface area contributed by atoms with Crippen LogP contribution < -0.4 is 5.32 Å². The van der Waals surface area contributed by atoms with E-state index in [1.807, 2.05) is 18.2 Å². The molecule has 0 bridgehead atoms. The SMILES string of the molecule is O=C(NC1(C(=O)O)CCC1)C1CCCc2ccccc21. The van der Waals surface area contributed by atoms with Gasteiger partial charge in [0, 0.05) is 0 Å². The van der Waals surface area contributed by atoms with Gasteiger partial charge in [0.1, 0.15) is 5.54 Å². The highest BCUT2D eigenvalue weighted by Crippen LogP contribution is 2.36. The van der Waals surface area contributed by atoms with E-state index in [-0.39, 0.29) is 11.8 Å². The first kappa shape index (κ1) is 13.2. The molecule has 1 unspecified atom stereocenters. The summed E-state index contributed by atoms with van der Waals surface area (Å²) < 4.78 is 0. The van der Waals surface area contributed by atoms with Gasteiger partial charge < -0.3 is 10.4 Å². The molecule has 1 aromatic carbocycles. The molecule has 0 aromatic heterocycles. The Balaban J connectivity index is 1.80. The number of fused-ring (bicyclic) bond motifs is 1. The summed E-state index contributed by atoms with van der Waals surface area (Å²) in [6, 6.07) is 7.99. The van der Waals surface area contributed by atoms with Crippen LogP contribution in [0.1, 0.15) is 49.1 Å². The van der Waals surface area contributed by atoms with Gasteiger partial charge in [-0.05, 0) is 49.7 Å². The fourth-order valence-electron chi connectivity index (χ4n) is 3.27. The Bertz CT molecular complexity index is 548. The van der Waals surface area contributed by atoms with E-state index < -0.39 is 11.5 Å². The van der Waals surface area contributed by atoms with Gasteiger partial charge in [-0.15, -0.1) is 0 Å². The highest BCUT2D eigenvalue weighted by molar-refractivity contribution is 5.91. The van der Waals surface area contributed by atoms with Crippen molar-refractivity contribution in [2.24, 2.45) is 0 Å². The lowest BCUT2D eigenvalue weighted by Crippen LogP contribution is -2.60. The number of carbonyl (C=O) groups is 2. The second-order valence-corrected chi connectivity index (χ2v) is 5.87.